The first-order valence-electron chi connectivity index (χ1n) is 18.8. The van der Waals surface area contributed by atoms with E-state index in [-0.39, 0.29) is 23.8 Å². The number of likely N-dealkylation sites (tertiary alicyclic amines) is 2. The molecule has 2 saturated carbocycles. The molecule has 6 aromatic rings. The Hall–Kier alpha value is -4.67. The SMILES string of the molecule is COc1cc(C(=O)N2CC3CCC2C3Cc2ccccc2)cc2nc(-c3cc4ccccc4n3CC3CC3)n(CC3CN(C(=O)c4cnc(Cl)s4)C3)c12. The van der Waals surface area contributed by atoms with E-state index >= 15 is 0 Å². The number of fused-ring (bicyclic) bond motifs is 4. The van der Waals surface area contributed by atoms with Gasteiger partial charge in [0.15, 0.2) is 10.3 Å². The van der Waals surface area contributed by atoms with Crippen molar-refractivity contribution in [2.45, 2.75) is 51.2 Å². The molecule has 9 nitrogen and oxygen atoms in total. The van der Waals surface area contributed by atoms with Gasteiger partial charge >= 0.3 is 0 Å². The second-order valence-electron chi connectivity index (χ2n) is 15.5. The molecule has 2 aliphatic heterocycles. The number of imidazole rings is 1. The minimum atomic E-state index is -0.0340. The number of amides is 2. The van der Waals surface area contributed by atoms with E-state index in [4.69, 9.17) is 21.3 Å². The summed E-state index contributed by atoms with van der Waals surface area (Å²) in [6.07, 6.45) is 7.27. The highest BCUT2D eigenvalue weighted by Gasteiger charge is 2.48. The number of carbonyl (C=O) groups excluding carboxylic acids is 2. The molecule has 3 aromatic carbocycles. The number of thiazole rings is 1. The fraction of sp³-hybridized carbons (Fsp3) is 0.381. The van der Waals surface area contributed by atoms with Crippen molar-refractivity contribution in [1.29, 1.82) is 0 Å². The van der Waals surface area contributed by atoms with Gasteiger partial charge in [-0.1, -0.05) is 71.5 Å². The molecule has 2 amide bonds. The number of hydrogen-bond acceptors (Lipinski definition) is 6. The highest BCUT2D eigenvalue weighted by atomic mass is 35.5. The van der Waals surface area contributed by atoms with E-state index < -0.39 is 0 Å². The number of methoxy groups -OCH3 is 1. The lowest BCUT2D eigenvalue weighted by Gasteiger charge is -2.39. The molecule has 0 radical (unpaired) electrons. The standard InChI is InChI=1S/C42H41ClN6O3S/c1-52-36-18-30(40(50)48-24-29-13-14-34(48)31(29)15-25-7-3-2-4-8-25)16-32-38(36)49(23-27-20-46(21-27)41(51)37-19-44-42(43)53-37)39(45-32)35-17-28-9-5-6-10-33(28)47(35)22-26-11-12-26/h2-10,16-19,26-27,29,31,34H,11-15,20-24H2,1H3. The van der Waals surface area contributed by atoms with Crippen LogP contribution >= 0.6 is 22.9 Å². The Morgan fingerprint density at radius 3 is 2.45 bits per heavy atom. The Morgan fingerprint density at radius 1 is 0.887 bits per heavy atom. The van der Waals surface area contributed by atoms with E-state index in [2.05, 4.69) is 79.7 Å². The molecule has 0 spiro atoms. The van der Waals surface area contributed by atoms with Gasteiger partial charge in [0.2, 0.25) is 0 Å². The van der Waals surface area contributed by atoms with Crippen molar-refractivity contribution in [3.8, 4) is 17.3 Å². The van der Waals surface area contributed by atoms with Gasteiger partial charge in [0, 0.05) is 61.1 Å². The quantitative estimate of drug-likeness (QED) is 0.142. The normalized spacial score (nSPS) is 21.2. The average molecular weight is 745 g/mol. The topological polar surface area (TPSA) is 85.5 Å². The molecule has 10 rings (SSSR count). The molecule has 53 heavy (non-hydrogen) atoms. The Bertz CT molecular complexity index is 2370. The van der Waals surface area contributed by atoms with E-state index in [0.717, 1.165) is 48.5 Å². The Balaban J connectivity index is 1.02. The summed E-state index contributed by atoms with van der Waals surface area (Å²) in [5, 5.41) is 1.18. The number of benzene rings is 3. The summed E-state index contributed by atoms with van der Waals surface area (Å²) in [6.45, 7) is 3.65. The Morgan fingerprint density at radius 2 is 1.68 bits per heavy atom. The fourth-order valence-electron chi connectivity index (χ4n) is 9.37. The second-order valence-corrected chi connectivity index (χ2v) is 17.1. The number of hydrogen-bond donors (Lipinski definition) is 0. The van der Waals surface area contributed by atoms with Gasteiger partial charge in [0.1, 0.15) is 16.1 Å². The molecule has 3 atom stereocenters. The lowest BCUT2D eigenvalue weighted by molar-refractivity contribution is 0.0476. The Kier molecular flexibility index (Phi) is 8.09. The zero-order valence-corrected chi connectivity index (χ0v) is 31.2. The zero-order valence-electron chi connectivity index (χ0n) is 29.7. The Labute approximate surface area is 317 Å². The number of ether oxygens (including phenoxy) is 1. The maximum Gasteiger partial charge on any atom is 0.265 e. The number of nitrogens with zero attached hydrogens (tertiary/aromatic N) is 6. The smallest absolute Gasteiger partial charge is 0.265 e. The molecule has 2 aliphatic carbocycles. The van der Waals surface area contributed by atoms with E-state index in [1.54, 1.807) is 13.3 Å². The van der Waals surface area contributed by atoms with E-state index in [1.807, 2.05) is 17.0 Å². The molecule has 4 aliphatic rings. The summed E-state index contributed by atoms with van der Waals surface area (Å²) in [4.78, 5) is 41.6. The number of rotatable bonds is 10. The van der Waals surface area contributed by atoms with Crippen LogP contribution < -0.4 is 4.74 Å². The van der Waals surface area contributed by atoms with Crippen LogP contribution in [-0.4, -0.2) is 73.5 Å². The van der Waals surface area contributed by atoms with Crippen molar-refractivity contribution in [3.05, 3.63) is 99.5 Å². The molecule has 2 saturated heterocycles. The van der Waals surface area contributed by atoms with Crippen molar-refractivity contribution >= 4 is 56.7 Å². The molecule has 270 valence electrons. The van der Waals surface area contributed by atoms with E-state index in [0.29, 0.717) is 58.0 Å². The van der Waals surface area contributed by atoms with Gasteiger partial charge in [0.05, 0.1) is 24.5 Å². The van der Waals surface area contributed by atoms with Crippen LogP contribution in [0.5, 0.6) is 5.75 Å². The van der Waals surface area contributed by atoms with Gasteiger partial charge in [-0.3, -0.25) is 9.59 Å². The van der Waals surface area contributed by atoms with Gasteiger partial charge in [-0.05, 0) is 79.7 Å². The summed E-state index contributed by atoms with van der Waals surface area (Å²) >= 11 is 7.25. The molecule has 2 bridgehead atoms. The highest BCUT2D eigenvalue weighted by Crippen LogP contribution is 2.46. The third-order valence-corrected chi connectivity index (χ3v) is 13.3. The molecular weight excluding hydrogens is 704 g/mol. The molecule has 3 unspecified atom stereocenters. The van der Waals surface area contributed by atoms with Crippen LogP contribution in [0.25, 0.3) is 33.5 Å². The minimum absolute atomic E-state index is 0.0340. The lowest BCUT2D eigenvalue weighted by Crippen LogP contribution is -2.51. The van der Waals surface area contributed by atoms with Gasteiger partial charge in [-0.15, -0.1) is 0 Å². The summed E-state index contributed by atoms with van der Waals surface area (Å²) in [5.74, 6) is 3.41. The summed E-state index contributed by atoms with van der Waals surface area (Å²) in [5.41, 5.74) is 5.87. The van der Waals surface area contributed by atoms with Crippen molar-refractivity contribution in [2.24, 2.45) is 23.7 Å². The molecule has 11 heteroatoms. The highest BCUT2D eigenvalue weighted by molar-refractivity contribution is 7.17. The van der Waals surface area contributed by atoms with Crippen LogP contribution in [0.1, 0.15) is 51.3 Å². The third kappa shape index (κ3) is 5.81. The largest absolute Gasteiger partial charge is 0.494 e. The van der Waals surface area contributed by atoms with Crippen LogP contribution in [-0.2, 0) is 19.5 Å². The second kappa shape index (κ2) is 13.0. The number of halogens is 1. The van der Waals surface area contributed by atoms with Gasteiger partial charge < -0.3 is 23.7 Å². The third-order valence-electron chi connectivity index (χ3n) is 12.2. The number of aromatic nitrogens is 4. The van der Waals surface area contributed by atoms with E-state index in [1.165, 1.54) is 47.1 Å². The van der Waals surface area contributed by atoms with Crippen molar-refractivity contribution in [2.75, 3.05) is 26.7 Å². The number of piperidine rings is 1. The predicted octanol–water partition coefficient (Wildman–Crippen LogP) is 8.05. The van der Waals surface area contributed by atoms with Crippen LogP contribution in [0.4, 0.5) is 0 Å². The van der Waals surface area contributed by atoms with Gasteiger partial charge in [0.25, 0.3) is 11.8 Å². The lowest BCUT2D eigenvalue weighted by atomic mass is 9.91. The van der Waals surface area contributed by atoms with Crippen LogP contribution in [0.3, 0.4) is 0 Å². The van der Waals surface area contributed by atoms with Gasteiger partial charge in [-0.25, -0.2) is 9.97 Å². The number of para-hydroxylation sites is 1. The summed E-state index contributed by atoms with van der Waals surface area (Å²) < 4.78 is 11.2. The number of carbonyl (C=O) groups is 2. The maximum absolute atomic E-state index is 14.4. The summed E-state index contributed by atoms with van der Waals surface area (Å²) in [7, 11) is 1.68. The van der Waals surface area contributed by atoms with Crippen molar-refractivity contribution in [1.82, 2.24) is 28.9 Å². The van der Waals surface area contributed by atoms with E-state index in [9.17, 15) is 9.59 Å². The molecule has 5 heterocycles. The van der Waals surface area contributed by atoms with Crippen LogP contribution in [0.15, 0.2) is 79.0 Å². The van der Waals surface area contributed by atoms with Crippen LogP contribution in [0.2, 0.25) is 4.47 Å². The predicted molar refractivity (Wildman–Crippen MR) is 208 cm³/mol. The van der Waals surface area contributed by atoms with Crippen molar-refractivity contribution in [3.63, 3.8) is 0 Å². The monoisotopic (exact) mass is 744 g/mol. The summed E-state index contributed by atoms with van der Waals surface area (Å²) in [6, 6.07) is 25.6. The fourth-order valence-corrected chi connectivity index (χ4v) is 10.3. The molecular formula is C42H41ClN6O3S. The first-order chi connectivity index (χ1) is 25.9. The first-order valence-corrected chi connectivity index (χ1v) is 20.0. The molecule has 0 N–H and O–H groups in total. The molecule has 4 fully saturated rings. The van der Waals surface area contributed by atoms with Crippen LogP contribution in [0, 0.1) is 23.7 Å². The van der Waals surface area contributed by atoms with Gasteiger partial charge in [-0.2, -0.15) is 0 Å². The minimum Gasteiger partial charge on any atom is -0.494 e. The zero-order chi connectivity index (χ0) is 35.8. The average Bonchev–Trinajstić information content (AvgIpc) is 3.47. The maximum atomic E-state index is 14.4. The molecule has 3 aromatic heterocycles. The first kappa shape index (κ1) is 32.9. The van der Waals surface area contributed by atoms with Crippen molar-refractivity contribution < 1.29 is 14.3 Å².